The Morgan fingerprint density at radius 1 is 0.357 bits per heavy atom. The van der Waals surface area contributed by atoms with Crippen LogP contribution in [0.2, 0.25) is 0 Å². The zero-order chi connectivity index (χ0) is 29.0. The third kappa shape index (κ3) is 10.5. The Bertz CT molecular complexity index is 1100. The van der Waals surface area contributed by atoms with Gasteiger partial charge < -0.3 is 4.74 Å². The van der Waals surface area contributed by atoms with E-state index in [9.17, 15) is 0 Å². The summed E-state index contributed by atoms with van der Waals surface area (Å²) in [4.78, 5) is 0. The highest BCUT2D eigenvalue weighted by Crippen LogP contribution is 2.56. The van der Waals surface area contributed by atoms with Crippen molar-refractivity contribution in [3.8, 4) is 0 Å². The van der Waals surface area contributed by atoms with Crippen LogP contribution in [0.1, 0.15) is 89.0 Å². The second-order valence-corrected chi connectivity index (χ2v) is 15.3. The largest absolute Gasteiger partial charge is 0.377 e. The van der Waals surface area contributed by atoms with Crippen LogP contribution >= 0.6 is 7.26 Å². The van der Waals surface area contributed by atoms with Gasteiger partial charge in [0.2, 0.25) is 0 Å². The lowest BCUT2D eigenvalue weighted by Crippen LogP contribution is -2.33. The summed E-state index contributed by atoms with van der Waals surface area (Å²) in [5.74, 6) is 0. The molecule has 0 saturated carbocycles. The first kappa shape index (κ1) is 32.2. The summed E-state index contributed by atoms with van der Waals surface area (Å²) in [5.41, 5.74) is 1.27. The molecule has 4 aromatic carbocycles. The summed E-state index contributed by atoms with van der Waals surface area (Å²) >= 11 is 0. The summed E-state index contributed by atoms with van der Waals surface area (Å²) in [5, 5.41) is 4.54. The van der Waals surface area contributed by atoms with E-state index in [1.165, 1.54) is 111 Å². The summed E-state index contributed by atoms with van der Waals surface area (Å²) in [7, 11) is -1.66. The predicted octanol–water partition coefficient (Wildman–Crippen LogP) is 10.3. The Morgan fingerprint density at radius 2 is 0.690 bits per heavy atom. The van der Waals surface area contributed by atoms with Crippen LogP contribution in [0.5, 0.6) is 0 Å². The molecule has 0 spiro atoms. The fourth-order valence-electron chi connectivity index (χ4n) is 6.14. The molecule has 0 N–H and O–H groups in total. The first-order valence-electron chi connectivity index (χ1n) is 16.6. The van der Waals surface area contributed by atoms with Crippen molar-refractivity contribution in [1.82, 2.24) is 0 Å². The molecular weight excluding hydrogens is 527 g/mol. The van der Waals surface area contributed by atoms with Crippen LogP contribution in [0.15, 0.2) is 121 Å². The van der Waals surface area contributed by atoms with Crippen molar-refractivity contribution >= 4 is 23.2 Å². The molecule has 0 saturated heterocycles. The number of rotatable bonds is 21. The van der Waals surface area contributed by atoms with Gasteiger partial charge in [0.15, 0.2) is 0 Å². The molecule has 0 aliphatic rings. The van der Waals surface area contributed by atoms with Crippen molar-refractivity contribution < 1.29 is 4.74 Å². The molecule has 0 aliphatic carbocycles. The third-order valence-electron chi connectivity index (χ3n) is 8.48. The van der Waals surface area contributed by atoms with Gasteiger partial charge in [-0.05, 0) is 61.2 Å². The van der Waals surface area contributed by atoms with Gasteiger partial charge in [0, 0.05) is 6.61 Å². The van der Waals surface area contributed by atoms with E-state index in [1.807, 2.05) is 0 Å². The molecule has 2 heteroatoms. The van der Waals surface area contributed by atoms with Crippen LogP contribution < -0.4 is 15.9 Å². The van der Waals surface area contributed by atoms with Gasteiger partial charge in [0.25, 0.3) is 0 Å². The van der Waals surface area contributed by atoms with E-state index in [-0.39, 0.29) is 0 Å². The SMILES string of the molecule is c1ccc(COCCCCCCCCCCCCCCC[P+](c2ccccc2)(c2ccccc2)c2ccccc2)cc1. The average Bonchev–Trinajstić information content (AvgIpc) is 3.06. The third-order valence-corrected chi connectivity index (χ3v) is 13.0. The van der Waals surface area contributed by atoms with Crippen LogP contribution in [0.25, 0.3) is 0 Å². The lowest BCUT2D eigenvalue weighted by molar-refractivity contribution is 0.116. The zero-order valence-electron chi connectivity index (χ0n) is 25.7. The van der Waals surface area contributed by atoms with Crippen LogP contribution in [0.4, 0.5) is 0 Å². The molecule has 4 rings (SSSR count). The fourth-order valence-corrected chi connectivity index (χ4v) is 10.6. The highest BCUT2D eigenvalue weighted by atomic mass is 31.2. The molecule has 0 heterocycles. The molecule has 1 nitrogen and oxygen atoms in total. The number of unbranched alkanes of at least 4 members (excludes halogenated alkanes) is 12. The smallest absolute Gasteiger partial charge is 0.112 e. The summed E-state index contributed by atoms with van der Waals surface area (Å²) in [6, 6.07) is 44.5. The quantitative estimate of drug-likeness (QED) is 0.0705. The van der Waals surface area contributed by atoms with E-state index in [0.717, 1.165) is 13.2 Å². The number of hydrogen-bond donors (Lipinski definition) is 0. The van der Waals surface area contributed by atoms with Crippen molar-refractivity contribution in [2.24, 2.45) is 0 Å². The van der Waals surface area contributed by atoms with Crippen LogP contribution in [-0.2, 0) is 11.3 Å². The first-order valence-corrected chi connectivity index (χ1v) is 18.5. The lowest BCUT2D eigenvalue weighted by Gasteiger charge is -2.27. The van der Waals surface area contributed by atoms with Gasteiger partial charge in [-0.3, -0.25) is 0 Å². The van der Waals surface area contributed by atoms with Gasteiger partial charge >= 0.3 is 0 Å². The average molecular weight is 580 g/mol. The topological polar surface area (TPSA) is 9.23 Å². The second kappa shape index (κ2) is 19.5. The molecule has 0 aromatic heterocycles. The van der Waals surface area contributed by atoms with E-state index < -0.39 is 7.26 Å². The van der Waals surface area contributed by atoms with Crippen molar-refractivity contribution in [1.29, 1.82) is 0 Å². The van der Waals surface area contributed by atoms with E-state index in [2.05, 4.69) is 121 Å². The van der Waals surface area contributed by atoms with E-state index in [4.69, 9.17) is 4.74 Å². The highest BCUT2D eigenvalue weighted by molar-refractivity contribution is 7.95. The Kier molecular flexibility index (Phi) is 14.9. The van der Waals surface area contributed by atoms with Gasteiger partial charge in [-0.2, -0.15) is 0 Å². The molecule has 42 heavy (non-hydrogen) atoms. The summed E-state index contributed by atoms with van der Waals surface area (Å²) in [6.45, 7) is 1.64. The predicted molar refractivity (Wildman–Crippen MR) is 186 cm³/mol. The van der Waals surface area contributed by atoms with Gasteiger partial charge in [-0.1, -0.05) is 149 Å². The van der Waals surface area contributed by atoms with E-state index in [0.29, 0.717) is 0 Å². The van der Waals surface area contributed by atoms with Crippen LogP contribution in [-0.4, -0.2) is 12.8 Å². The van der Waals surface area contributed by atoms with Gasteiger partial charge in [-0.25, -0.2) is 0 Å². The van der Waals surface area contributed by atoms with Crippen molar-refractivity contribution in [3.63, 3.8) is 0 Å². The van der Waals surface area contributed by atoms with Crippen molar-refractivity contribution in [2.75, 3.05) is 12.8 Å². The van der Waals surface area contributed by atoms with Crippen LogP contribution in [0, 0.1) is 0 Å². The molecule has 0 radical (unpaired) electrons. The maximum Gasteiger partial charge on any atom is 0.112 e. The number of hydrogen-bond acceptors (Lipinski definition) is 1. The minimum Gasteiger partial charge on any atom is -0.377 e. The Labute approximate surface area is 257 Å². The minimum atomic E-state index is -1.66. The second-order valence-electron chi connectivity index (χ2n) is 11.7. The monoisotopic (exact) mass is 579 g/mol. The molecule has 0 amide bonds. The van der Waals surface area contributed by atoms with E-state index >= 15 is 0 Å². The van der Waals surface area contributed by atoms with Crippen molar-refractivity contribution in [2.45, 2.75) is 90.1 Å². The molecule has 0 atom stereocenters. The Morgan fingerprint density at radius 3 is 1.10 bits per heavy atom. The minimum absolute atomic E-state index is 0.748. The Balaban J connectivity index is 1.08. The first-order chi connectivity index (χ1) is 20.9. The fraction of sp³-hybridized carbons (Fsp3) is 0.400. The highest BCUT2D eigenvalue weighted by Gasteiger charge is 2.44. The van der Waals surface area contributed by atoms with Gasteiger partial charge in [-0.15, -0.1) is 0 Å². The molecule has 0 unspecified atom stereocenters. The number of ether oxygens (including phenoxy) is 1. The van der Waals surface area contributed by atoms with E-state index in [1.54, 1.807) is 0 Å². The maximum absolute atomic E-state index is 5.81. The lowest BCUT2D eigenvalue weighted by atomic mass is 10.0. The molecule has 0 aliphatic heterocycles. The zero-order valence-corrected chi connectivity index (χ0v) is 26.6. The molecule has 222 valence electrons. The summed E-state index contributed by atoms with van der Waals surface area (Å²) < 4.78 is 5.81. The van der Waals surface area contributed by atoms with Gasteiger partial charge in [0.1, 0.15) is 23.2 Å². The number of benzene rings is 4. The molecule has 4 aromatic rings. The molecule has 0 fully saturated rings. The van der Waals surface area contributed by atoms with Crippen LogP contribution in [0.3, 0.4) is 0 Å². The van der Waals surface area contributed by atoms with Crippen molar-refractivity contribution in [3.05, 3.63) is 127 Å². The maximum atomic E-state index is 5.81. The molecular formula is C40H52OP+. The Hall–Kier alpha value is -2.73. The van der Waals surface area contributed by atoms with Gasteiger partial charge in [0.05, 0.1) is 12.8 Å². The molecule has 0 bridgehead atoms. The summed E-state index contributed by atoms with van der Waals surface area (Å²) in [6.07, 6.45) is 18.9. The standard InChI is InChI=1S/C40H52OP/c1(2-4-6-8-10-24-34-41-36-37-26-16-12-17-27-37)3-5-7-9-11-25-35-42(38-28-18-13-19-29-38,39-30-20-14-21-31-39)40-32-22-15-23-33-40/h12-23,26-33H,1-11,24-25,34-36H2/q+1. The normalized spacial score (nSPS) is 11.5.